The second kappa shape index (κ2) is 25.5. The van der Waals surface area contributed by atoms with Crippen LogP contribution < -0.4 is 139 Å². The number of carboxylic acids is 2. The van der Waals surface area contributed by atoms with Crippen molar-refractivity contribution in [2.75, 3.05) is 0 Å². The van der Waals surface area contributed by atoms with E-state index in [0.29, 0.717) is 0 Å². The van der Waals surface area contributed by atoms with Crippen molar-refractivity contribution in [3.05, 3.63) is 168 Å². The number of aliphatic imine (C=N–C) groups is 2. The maximum absolute atomic E-state index is 13.8. The molecule has 0 saturated carbocycles. The minimum absolute atomic E-state index is 0. The Bertz CT molecular complexity index is 3600. The first-order chi connectivity index (χ1) is 33.3. The third-order valence-corrected chi connectivity index (χ3v) is 12.3. The van der Waals surface area contributed by atoms with Gasteiger partial charge >= 0.3 is 130 Å². The average molecular weight is 1070 g/mol. The van der Waals surface area contributed by atoms with Crippen molar-refractivity contribution in [1.82, 2.24) is 0 Å². The Balaban J connectivity index is 0.00000296. The SMILES string of the molecule is O=C(O)c1cc(-c2ccc(N=Nc3ccc4c(S(=O)(=O)O)ccc(N=C([O-])c5ccccc5)c4c3[O-])c(C(=O)O)c2)ccc1N=Nc1ccc2c(S(=O)(=O)O)ccc(N=C([O-])c3ccccc3)c2c1[O-].[Na+].[Na+].[Na+].[Na+]. The second-order valence-corrected chi connectivity index (χ2v) is 17.6. The Labute approximate surface area is 508 Å². The average Bonchev–Trinajstić information content (AvgIpc) is 3.33. The molecule has 0 fully saturated rings. The van der Waals surface area contributed by atoms with Gasteiger partial charge in [-0.05, 0) is 94.7 Å². The van der Waals surface area contributed by atoms with Crippen LogP contribution in [0.25, 0.3) is 32.7 Å². The summed E-state index contributed by atoms with van der Waals surface area (Å²) in [6, 6.07) is 31.5. The van der Waals surface area contributed by atoms with Gasteiger partial charge < -0.3 is 30.6 Å². The Morgan fingerprint density at radius 1 is 0.419 bits per heavy atom. The summed E-state index contributed by atoms with van der Waals surface area (Å²) in [7, 11) is -9.75. The zero-order valence-corrected chi connectivity index (χ0v) is 48.9. The summed E-state index contributed by atoms with van der Waals surface area (Å²) in [5.74, 6) is -6.48. The van der Waals surface area contributed by atoms with Crippen LogP contribution in [-0.4, -0.2) is 59.9 Å². The van der Waals surface area contributed by atoms with Crippen molar-refractivity contribution in [3.63, 3.8) is 0 Å². The van der Waals surface area contributed by atoms with Crippen LogP contribution in [0.3, 0.4) is 0 Å². The molecular weight excluding hydrogens is 1040 g/mol. The summed E-state index contributed by atoms with van der Waals surface area (Å²) in [5, 5.41) is 88.4. The number of azo groups is 2. The predicted octanol–water partition coefficient (Wildman–Crippen LogP) is -4.58. The van der Waals surface area contributed by atoms with Gasteiger partial charge in [0.05, 0.1) is 33.9 Å². The molecule has 0 unspecified atom stereocenters. The zero-order valence-electron chi connectivity index (χ0n) is 39.2. The topological polar surface area (TPSA) is 350 Å². The number of nitrogens with zero attached hydrogens (tertiary/aromatic N) is 6. The molecule has 0 aromatic heterocycles. The van der Waals surface area contributed by atoms with Crippen molar-refractivity contribution in [2.24, 2.45) is 30.4 Å². The number of carboxylic acid groups (broad SMARTS) is 2. The van der Waals surface area contributed by atoms with E-state index >= 15 is 0 Å². The smallest absolute Gasteiger partial charge is 0.870 e. The number of fused-ring (bicyclic) bond motifs is 2. The van der Waals surface area contributed by atoms with E-state index in [9.17, 15) is 66.2 Å². The Morgan fingerprint density at radius 2 is 0.730 bits per heavy atom. The quantitative estimate of drug-likeness (QED) is 0.0278. The van der Waals surface area contributed by atoms with Crippen molar-refractivity contribution in [1.29, 1.82) is 0 Å². The van der Waals surface area contributed by atoms with Crippen LogP contribution in [-0.2, 0) is 20.2 Å². The number of aromatic carboxylic acids is 2. The van der Waals surface area contributed by atoms with Gasteiger partial charge in [-0.15, -0.1) is 10.2 Å². The van der Waals surface area contributed by atoms with E-state index in [0.717, 1.165) is 60.7 Å². The molecule has 0 aliphatic heterocycles. The van der Waals surface area contributed by atoms with Gasteiger partial charge in [-0.2, -0.15) is 27.1 Å². The van der Waals surface area contributed by atoms with Crippen LogP contribution in [0.1, 0.15) is 31.8 Å². The maximum atomic E-state index is 13.8. The minimum Gasteiger partial charge on any atom is -0.870 e. The zero-order chi connectivity index (χ0) is 50.1. The molecule has 350 valence electrons. The van der Waals surface area contributed by atoms with Gasteiger partial charge in [-0.1, -0.05) is 96.4 Å². The first-order valence-electron chi connectivity index (χ1n) is 20.0. The Morgan fingerprint density at radius 3 is 1.05 bits per heavy atom. The Hall–Kier alpha value is -5.22. The monoisotopic (exact) mass is 1070 g/mol. The molecule has 8 rings (SSSR count). The van der Waals surface area contributed by atoms with Crippen LogP contribution in [0.5, 0.6) is 11.5 Å². The molecule has 0 aliphatic carbocycles. The fourth-order valence-corrected chi connectivity index (χ4v) is 8.56. The molecule has 20 nitrogen and oxygen atoms in total. The molecule has 0 atom stereocenters. The molecule has 0 aliphatic rings. The van der Waals surface area contributed by atoms with Crippen molar-refractivity contribution >= 4 is 99.6 Å². The number of hydrogen-bond donors (Lipinski definition) is 4. The van der Waals surface area contributed by atoms with Gasteiger partial charge in [0.15, 0.2) is 0 Å². The normalized spacial score (nSPS) is 11.9. The van der Waals surface area contributed by atoms with E-state index in [1.165, 1.54) is 48.5 Å². The fraction of sp³-hybridized carbons (Fsp3) is 0. The van der Waals surface area contributed by atoms with Gasteiger partial charge in [-0.3, -0.25) is 19.1 Å². The van der Waals surface area contributed by atoms with Gasteiger partial charge in [0, 0.05) is 21.5 Å². The van der Waals surface area contributed by atoms with Crippen molar-refractivity contribution < 1.29 is 184 Å². The molecule has 0 radical (unpaired) electrons. The number of carbonyl (C=O) groups is 2. The number of rotatable bonds is 13. The summed E-state index contributed by atoms with van der Waals surface area (Å²) in [6.07, 6.45) is 0. The number of hydrogen-bond acceptors (Lipinski definition) is 16. The predicted molar refractivity (Wildman–Crippen MR) is 246 cm³/mol. The molecule has 0 bridgehead atoms. The van der Waals surface area contributed by atoms with Gasteiger partial charge in [0.1, 0.15) is 21.2 Å². The summed E-state index contributed by atoms with van der Waals surface area (Å²) >= 11 is 0. The fourth-order valence-electron chi connectivity index (χ4n) is 7.18. The van der Waals surface area contributed by atoms with Crippen LogP contribution in [0, 0.1) is 0 Å². The van der Waals surface area contributed by atoms with Crippen LogP contribution in [0.4, 0.5) is 34.1 Å². The van der Waals surface area contributed by atoms with E-state index in [2.05, 4.69) is 30.4 Å². The third kappa shape index (κ3) is 13.4. The molecular formula is C48H28N6Na4O14S2. The van der Waals surface area contributed by atoms with E-state index in [1.807, 2.05) is 0 Å². The first-order valence-corrected chi connectivity index (χ1v) is 22.9. The molecule has 8 aromatic carbocycles. The van der Waals surface area contributed by atoms with E-state index in [4.69, 9.17) is 0 Å². The molecule has 0 amide bonds. The van der Waals surface area contributed by atoms with E-state index < -0.39 is 98.5 Å². The van der Waals surface area contributed by atoms with Gasteiger partial charge in [0.2, 0.25) is 0 Å². The summed E-state index contributed by atoms with van der Waals surface area (Å²) in [4.78, 5) is 31.7. The second-order valence-electron chi connectivity index (χ2n) is 14.8. The first kappa shape index (κ1) is 61.3. The standard InChI is InChI=1S/C48H32N6O14S2.4Na/c55-43-37(17-13-29-39(69(63,64)65)21-19-35(41(29)43)49-45(57)25-7-3-1-4-8-25)53-51-33-15-11-27(23-31(33)47(59)60)28-12-16-34(32(24-28)48(61)62)52-54-38-18-14-30-40(70(66,67)68)22-20-36(42(30)44(38)56)50-46(58)26-9-5-2-6-10-26;;;;/h1-24,55-56H,(H,49,57)(H,50,58)(H,59,60)(H,61,62)(H,63,64,65)(H,66,67,68);;;;/q;4*+1/p-4. The van der Waals surface area contributed by atoms with Gasteiger partial charge in [-0.25, -0.2) is 9.59 Å². The largest absolute Gasteiger partial charge is 1.00 e. The summed E-state index contributed by atoms with van der Waals surface area (Å²) in [6.45, 7) is 0. The van der Waals surface area contributed by atoms with Crippen LogP contribution >= 0.6 is 0 Å². The molecule has 0 heterocycles. The Kier molecular flexibility index (Phi) is 21.2. The summed E-state index contributed by atoms with van der Waals surface area (Å²) in [5.41, 5.74) is -2.17. The molecule has 8 aromatic rings. The summed E-state index contributed by atoms with van der Waals surface area (Å²) < 4.78 is 68.6. The van der Waals surface area contributed by atoms with Crippen molar-refractivity contribution in [2.45, 2.75) is 9.79 Å². The van der Waals surface area contributed by atoms with Crippen LogP contribution in [0.15, 0.2) is 186 Å². The van der Waals surface area contributed by atoms with Crippen molar-refractivity contribution in [3.8, 4) is 22.6 Å². The molecule has 4 N–H and O–H groups in total. The molecule has 74 heavy (non-hydrogen) atoms. The molecule has 0 saturated heterocycles. The molecule has 26 heteroatoms. The van der Waals surface area contributed by atoms with E-state index in [-0.39, 0.29) is 174 Å². The van der Waals surface area contributed by atoms with Crippen LogP contribution in [0.2, 0.25) is 0 Å². The number of benzene rings is 8. The van der Waals surface area contributed by atoms with Gasteiger partial charge in [0.25, 0.3) is 20.2 Å². The molecule has 0 spiro atoms. The minimum atomic E-state index is -4.88. The van der Waals surface area contributed by atoms with E-state index in [1.54, 1.807) is 36.4 Å². The third-order valence-electron chi connectivity index (χ3n) is 10.5. The maximum Gasteiger partial charge on any atom is 1.00 e.